The van der Waals surface area contributed by atoms with E-state index < -0.39 is 6.09 Å². The van der Waals surface area contributed by atoms with Gasteiger partial charge in [0.2, 0.25) is 0 Å². The number of hydrogen-bond donors (Lipinski definition) is 4. The van der Waals surface area contributed by atoms with Gasteiger partial charge in [-0.1, -0.05) is 0 Å². The molecule has 0 aromatic rings. The summed E-state index contributed by atoms with van der Waals surface area (Å²) in [4.78, 5) is 8.78. The van der Waals surface area contributed by atoms with Crippen LogP contribution in [-0.4, -0.2) is 30.3 Å². The summed E-state index contributed by atoms with van der Waals surface area (Å²) < 4.78 is 0. The highest BCUT2D eigenvalue weighted by Gasteiger charge is 2.05. The molecule has 1 aliphatic rings. The molecule has 1 amide bonds. The molecule has 0 aromatic heterocycles. The van der Waals surface area contributed by atoms with Crippen LogP contribution in [0.4, 0.5) is 4.79 Å². The second-order valence-electron chi connectivity index (χ2n) is 2.44. The third kappa shape index (κ3) is 9.19. The number of rotatable bonds is 0. The fourth-order valence-corrected chi connectivity index (χ4v) is 0.879. The zero-order valence-corrected chi connectivity index (χ0v) is 6.42. The van der Waals surface area contributed by atoms with Crippen molar-refractivity contribution in [1.82, 2.24) is 5.32 Å². The zero-order valence-electron chi connectivity index (χ0n) is 6.42. The molecule has 1 atom stereocenters. The Balaban J connectivity index is 0.000000218. The van der Waals surface area contributed by atoms with Crippen LogP contribution in [0.15, 0.2) is 0 Å². The molecule has 0 radical (unpaired) electrons. The number of piperidine rings is 1. The number of hydrogen-bond acceptors (Lipinski definition) is 3. The van der Waals surface area contributed by atoms with Crippen LogP contribution >= 0.6 is 0 Å². The second-order valence-corrected chi connectivity index (χ2v) is 2.44. The molecular formula is C6H15N3O2. The van der Waals surface area contributed by atoms with Crippen LogP contribution in [0.25, 0.3) is 0 Å². The van der Waals surface area contributed by atoms with Gasteiger partial charge in [0.05, 0.1) is 0 Å². The number of carboxylic acid groups (broad SMARTS) is 1. The molecule has 6 N–H and O–H groups in total. The first-order valence-corrected chi connectivity index (χ1v) is 3.57. The Bertz CT molecular complexity index is 108. The summed E-state index contributed by atoms with van der Waals surface area (Å²) in [6, 6.07) is 0.425. The minimum absolute atomic E-state index is 0.425. The number of nitrogens with two attached hydrogens (primary N) is 2. The molecule has 0 aliphatic carbocycles. The summed E-state index contributed by atoms with van der Waals surface area (Å²) >= 11 is 0. The van der Waals surface area contributed by atoms with Gasteiger partial charge in [-0.3, -0.25) is 0 Å². The van der Waals surface area contributed by atoms with E-state index in [1.54, 1.807) is 0 Å². The predicted molar refractivity (Wildman–Crippen MR) is 42.3 cm³/mol. The smallest absolute Gasteiger partial charge is 0.402 e. The van der Waals surface area contributed by atoms with Crippen LogP contribution in [-0.2, 0) is 0 Å². The van der Waals surface area contributed by atoms with Crippen LogP contribution in [0.1, 0.15) is 12.8 Å². The number of carbonyl (C=O) groups is 1. The second kappa shape index (κ2) is 5.94. The molecule has 1 heterocycles. The highest BCUT2D eigenvalue weighted by atomic mass is 16.4. The average molecular weight is 161 g/mol. The van der Waals surface area contributed by atoms with Crippen molar-refractivity contribution in [3.05, 3.63) is 0 Å². The molecule has 0 bridgehead atoms. The van der Waals surface area contributed by atoms with Crippen LogP contribution < -0.4 is 16.8 Å². The van der Waals surface area contributed by atoms with Crippen molar-refractivity contribution < 1.29 is 9.90 Å². The molecule has 1 saturated heterocycles. The van der Waals surface area contributed by atoms with Crippen molar-refractivity contribution in [2.45, 2.75) is 18.9 Å². The lowest BCUT2D eigenvalue weighted by Crippen LogP contribution is -2.39. The summed E-state index contributed by atoms with van der Waals surface area (Å²) in [6.45, 7) is 2.17. The molecule has 1 fully saturated rings. The van der Waals surface area contributed by atoms with E-state index in [9.17, 15) is 0 Å². The maximum Gasteiger partial charge on any atom is 0.402 e. The first-order chi connectivity index (χ1) is 5.13. The van der Waals surface area contributed by atoms with Crippen molar-refractivity contribution in [1.29, 1.82) is 0 Å². The molecule has 0 saturated carbocycles. The molecule has 5 heteroatoms. The van der Waals surface area contributed by atoms with E-state index in [2.05, 4.69) is 11.1 Å². The predicted octanol–water partition coefficient (Wildman–Crippen LogP) is -0.680. The van der Waals surface area contributed by atoms with E-state index in [1.165, 1.54) is 12.8 Å². The standard InChI is InChI=1S/C5H12N2.CH3NO2/c6-5-2-1-3-7-4-5;2-1(3)4/h5,7H,1-4,6H2;2H2,(H,3,4). The molecule has 1 aliphatic heterocycles. The van der Waals surface area contributed by atoms with Gasteiger partial charge in [-0.05, 0) is 19.4 Å². The first kappa shape index (κ1) is 10.2. The van der Waals surface area contributed by atoms with Crippen LogP contribution in [0, 0.1) is 0 Å². The summed E-state index contributed by atoms with van der Waals surface area (Å²) in [5, 5.41) is 10.4. The van der Waals surface area contributed by atoms with Crippen molar-refractivity contribution >= 4 is 6.09 Å². The van der Waals surface area contributed by atoms with Gasteiger partial charge in [0.15, 0.2) is 0 Å². The van der Waals surface area contributed by atoms with Gasteiger partial charge in [-0.25, -0.2) is 4.79 Å². The lowest BCUT2D eigenvalue weighted by Gasteiger charge is -2.17. The highest BCUT2D eigenvalue weighted by Crippen LogP contribution is 1.96. The van der Waals surface area contributed by atoms with Crippen molar-refractivity contribution in [3.63, 3.8) is 0 Å². The summed E-state index contributed by atoms with van der Waals surface area (Å²) in [5.74, 6) is 0. The lowest BCUT2D eigenvalue weighted by molar-refractivity contribution is 0.205. The number of amides is 1. The molecule has 11 heavy (non-hydrogen) atoms. The van der Waals surface area contributed by atoms with Crippen LogP contribution in [0.3, 0.4) is 0 Å². The van der Waals surface area contributed by atoms with Gasteiger partial charge in [-0.2, -0.15) is 0 Å². The van der Waals surface area contributed by atoms with E-state index in [0.29, 0.717) is 6.04 Å². The molecule has 5 nitrogen and oxygen atoms in total. The minimum Gasteiger partial charge on any atom is -0.465 e. The number of nitrogens with one attached hydrogen (secondary N) is 1. The van der Waals surface area contributed by atoms with E-state index in [-0.39, 0.29) is 0 Å². The van der Waals surface area contributed by atoms with E-state index in [1.807, 2.05) is 0 Å². The maximum atomic E-state index is 8.78. The number of primary amides is 1. The Morgan fingerprint density at radius 1 is 1.64 bits per heavy atom. The molecule has 0 aromatic carbocycles. The van der Waals surface area contributed by atoms with Gasteiger partial charge in [0, 0.05) is 12.6 Å². The minimum atomic E-state index is -1.33. The van der Waals surface area contributed by atoms with Crippen molar-refractivity contribution in [2.24, 2.45) is 11.5 Å². The Labute approximate surface area is 65.7 Å². The van der Waals surface area contributed by atoms with Gasteiger partial charge in [0.1, 0.15) is 0 Å². The third-order valence-electron chi connectivity index (χ3n) is 1.33. The third-order valence-corrected chi connectivity index (χ3v) is 1.33. The SMILES string of the molecule is NC(=O)O.NC1CCCNC1. The van der Waals surface area contributed by atoms with Crippen LogP contribution in [0.2, 0.25) is 0 Å². The monoisotopic (exact) mass is 161 g/mol. The molecular weight excluding hydrogens is 146 g/mol. The normalized spacial score (nSPS) is 23.2. The largest absolute Gasteiger partial charge is 0.465 e. The van der Waals surface area contributed by atoms with Gasteiger partial charge >= 0.3 is 6.09 Å². The van der Waals surface area contributed by atoms with Crippen LogP contribution in [0.5, 0.6) is 0 Å². The molecule has 1 unspecified atom stereocenters. The average Bonchev–Trinajstić information content (AvgIpc) is 1.87. The zero-order chi connectivity index (χ0) is 8.69. The Morgan fingerprint density at radius 2 is 2.18 bits per heavy atom. The van der Waals surface area contributed by atoms with E-state index in [4.69, 9.17) is 15.6 Å². The van der Waals surface area contributed by atoms with E-state index in [0.717, 1.165) is 13.1 Å². The summed E-state index contributed by atoms with van der Waals surface area (Å²) in [7, 11) is 0. The Kier molecular flexibility index (Phi) is 5.50. The highest BCUT2D eigenvalue weighted by molar-refractivity contribution is 5.61. The fourth-order valence-electron chi connectivity index (χ4n) is 0.879. The molecule has 0 spiro atoms. The van der Waals surface area contributed by atoms with Gasteiger partial charge < -0.3 is 21.9 Å². The van der Waals surface area contributed by atoms with E-state index >= 15 is 0 Å². The quantitative estimate of drug-likeness (QED) is 0.378. The maximum absolute atomic E-state index is 8.78. The summed E-state index contributed by atoms with van der Waals surface area (Å²) in [6.07, 6.45) is 1.12. The topological polar surface area (TPSA) is 101 Å². The fraction of sp³-hybridized carbons (Fsp3) is 0.833. The first-order valence-electron chi connectivity index (χ1n) is 3.57. The molecule has 1 rings (SSSR count). The summed E-state index contributed by atoms with van der Waals surface area (Å²) in [5.41, 5.74) is 9.60. The van der Waals surface area contributed by atoms with Crippen molar-refractivity contribution in [2.75, 3.05) is 13.1 Å². The van der Waals surface area contributed by atoms with Gasteiger partial charge in [0.25, 0.3) is 0 Å². The van der Waals surface area contributed by atoms with Gasteiger partial charge in [-0.15, -0.1) is 0 Å². The Morgan fingerprint density at radius 3 is 2.36 bits per heavy atom. The lowest BCUT2D eigenvalue weighted by atomic mass is 10.1. The molecule has 66 valence electrons. The van der Waals surface area contributed by atoms with Crippen molar-refractivity contribution in [3.8, 4) is 0 Å². The Hall–Kier alpha value is -0.810.